The fraction of sp³-hybridized carbons (Fsp3) is 0.423. The Labute approximate surface area is 225 Å². The Morgan fingerprint density at radius 2 is 1.85 bits per heavy atom. The van der Waals surface area contributed by atoms with Crippen LogP contribution in [0, 0.1) is 12.8 Å². The molecule has 6 rings (SSSR count). The minimum Gasteiger partial charge on any atom is -0.360 e. The van der Waals surface area contributed by atoms with E-state index < -0.39 is 10.0 Å². The number of hydrogen-bond donors (Lipinski definition) is 2. The van der Waals surface area contributed by atoms with E-state index in [2.05, 4.69) is 35.0 Å². The first-order valence-electron chi connectivity index (χ1n) is 13.0. The first kappa shape index (κ1) is 25.4. The number of aromatic nitrogens is 7. The lowest BCUT2D eigenvalue weighted by atomic mass is 10.1. The molecule has 4 aromatic rings. The van der Waals surface area contributed by atoms with Crippen LogP contribution in [0.2, 0.25) is 0 Å². The molecule has 2 aliphatic rings. The molecule has 0 amide bonds. The molecule has 202 valence electrons. The average molecular weight is 548 g/mol. The number of hydrogen-bond acceptors (Lipinski definition) is 10. The minimum absolute atomic E-state index is 0.0634. The van der Waals surface area contributed by atoms with Gasteiger partial charge in [-0.3, -0.25) is 14.3 Å². The number of aryl methyl sites for hydroxylation is 1. The summed E-state index contributed by atoms with van der Waals surface area (Å²) in [6.07, 6.45) is 8.80. The Morgan fingerprint density at radius 3 is 2.51 bits per heavy atom. The molecule has 1 atom stereocenters. The van der Waals surface area contributed by atoms with Crippen LogP contribution >= 0.6 is 0 Å². The van der Waals surface area contributed by atoms with Crippen LogP contribution in [0.4, 0.5) is 5.82 Å². The van der Waals surface area contributed by atoms with E-state index in [-0.39, 0.29) is 28.9 Å². The SMILES string of the molecule is CNS(=O)(=O)c1ccc(CNc2nc3cnc(-c4c(C)ncnc4C4CC4)nc3n(C(C)C3CC3)c2=O)nc1. The molecule has 2 fully saturated rings. The number of sulfonamides is 1. The van der Waals surface area contributed by atoms with Crippen molar-refractivity contribution >= 4 is 27.0 Å². The van der Waals surface area contributed by atoms with Crippen molar-refractivity contribution in [3.8, 4) is 11.4 Å². The van der Waals surface area contributed by atoms with Crippen LogP contribution in [0.25, 0.3) is 22.6 Å². The highest BCUT2D eigenvalue weighted by atomic mass is 32.2. The summed E-state index contributed by atoms with van der Waals surface area (Å²) < 4.78 is 27.9. The van der Waals surface area contributed by atoms with Crippen molar-refractivity contribution in [2.75, 3.05) is 12.4 Å². The first-order valence-corrected chi connectivity index (χ1v) is 14.5. The standard InChI is InChI=1S/C26H29N9O3S/c1-14-21(22(17-6-7-17)32-13-31-14)23-30-12-20-25(34-23)35(15(2)16-4-5-16)26(36)24(33-20)29-10-18-8-9-19(11-28-18)39(37,38)27-3/h8-9,11-13,15-17,27H,4-7,10H2,1-3H3,(H,29,33). The zero-order valence-corrected chi connectivity index (χ0v) is 22.7. The van der Waals surface area contributed by atoms with Gasteiger partial charge in [0.25, 0.3) is 5.56 Å². The number of pyridine rings is 1. The molecule has 2 aliphatic carbocycles. The first-order chi connectivity index (χ1) is 18.8. The largest absolute Gasteiger partial charge is 0.360 e. The maximum atomic E-state index is 13.7. The monoisotopic (exact) mass is 547 g/mol. The van der Waals surface area contributed by atoms with Gasteiger partial charge in [-0.25, -0.2) is 38.1 Å². The van der Waals surface area contributed by atoms with E-state index in [9.17, 15) is 13.2 Å². The number of anilines is 1. The molecule has 0 bridgehead atoms. The lowest BCUT2D eigenvalue weighted by molar-refractivity contribution is 0.482. The van der Waals surface area contributed by atoms with E-state index in [1.54, 1.807) is 23.2 Å². The summed E-state index contributed by atoms with van der Waals surface area (Å²) in [5, 5.41) is 3.09. The van der Waals surface area contributed by atoms with E-state index in [0.29, 0.717) is 34.5 Å². The molecule has 4 aromatic heterocycles. The molecule has 0 spiro atoms. The summed E-state index contributed by atoms with van der Waals surface area (Å²) in [5.41, 5.74) is 3.87. The van der Waals surface area contributed by atoms with Gasteiger partial charge in [-0.1, -0.05) is 0 Å². The average Bonchev–Trinajstić information content (AvgIpc) is 3.85. The zero-order valence-electron chi connectivity index (χ0n) is 21.9. The van der Waals surface area contributed by atoms with E-state index in [4.69, 9.17) is 4.98 Å². The lowest BCUT2D eigenvalue weighted by Crippen LogP contribution is -2.29. The summed E-state index contributed by atoms with van der Waals surface area (Å²) in [6.45, 7) is 4.16. The molecule has 0 aromatic carbocycles. The molecule has 12 nitrogen and oxygen atoms in total. The van der Waals surface area contributed by atoms with Crippen molar-refractivity contribution in [1.29, 1.82) is 0 Å². The number of nitrogens with zero attached hydrogens (tertiary/aromatic N) is 7. The Hall–Kier alpha value is -3.84. The second-order valence-corrected chi connectivity index (χ2v) is 12.0. The molecule has 0 aliphatic heterocycles. The number of nitrogens with one attached hydrogen (secondary N) is 2. The van der Waals surface area contributed by atoms with Crippen LogP contribution in [0.15, 0.2) is 40.5 Å². The maximum absolute atomic E-state index is 13.7. The van der Waals surface area contributed by atoms with Gasteiger partial charge in [0.1, 0.15) is 16.7 Å². The predicted octanol–water partition coefficient (Wildman–Crippen LogP) is 2.72. The summed E-state index contributed by atoms with van der Waals surface area (Å²) in [4.78, 5) is 41.0. The van der Waals surface area contributed by atoms with Crippen LogP contribution in [0.5, 0.6) is 0 Å². The van der Waals surface area contributed by atoms with Crippen molar-refractivity contribution in [3.05, 3.63) is 58.3 Å². The summed E-state index contributed by atoms with van der Waals surface area (Å²) in [7, 11) is -2.24. The van der Waals surface area contributed by atoms with Crippen LogP contribution in [-0.2, 0) is 16.6 Å². The van der Waals surface area contributed by atoms with Gasteiger partial charge in [0.05, 0.1) is 35.4 Å². The molecule has 2 N–H and O–H groups in total. The van der Waals surface area contributed by atoms with Crippen LogP contribution in [0.1, 0.15) is 61.6 Å². The molecule has 0 saturated heterocycles. The molecule has 4 heterocycles. The van der Waals surface area contributed by atoms with Crippen molar-refractivity contribution < 1.29 is 8.42 Å². The molecule has 39 heavy (non-hydrogen) atoms. The molecular formula is C26H29N9O3S. The maximum Gasteiger partial charge on any atom is 0.295 e. The predicted molar refractivity (Wildman–Crippen MR) is 145 cm³/mol. The summed E-state index contributed by atoms with van der Waals surface area (Å²) >= 11 is 0. The van der Waals surface area contributed by atoms with Gasteiger partial charge in [0.15, 0.2) is 17.3 Å². The van der Waals surface area contributed by atoms with Gasteiger partial charge in [-0.2, -0.15) is 0 Å². The zero-order chi connectivity index (χ0) is 27.3. The fourth-order valence-electron chi connectivity index (χ4n) is 4.81. The second-order valence-electron chi connectivity index (χ2n) is 10.2. The molecule has 2 saturated carbocycles. The Balaban J connectivity index is 1.38. The molecule has 13 heteroatoms. The Morgan fingerprint density at radius 1 is 1.05 bits per heavy atom. The van der Waals surface area contributed by atoms with Crippen LogP contribution < -0.4 is 15.6 Å². The van der Waals surface area contributed by atoms with E-state index in [0.717, 1.165) is 42.6 Å². The highest BCUT2D eigenvalue weighted by molar-refractivity contribution is 7.89. The van der Waals surface area contributed by atoms with Gasteiger partial charge in [-0.05, 0) is 64.6 Å². The van der Waals surface area contributed by atoms with Gasteiger partial charge in [0.2, 0.25) is 10.0 Å². The van der Waals surface area contributed by atoms with E-state index in [1.165, 1.54) is 19.3 Å². The van der Waals surface area contributed by atoms with Crippen molar-refractivity contribution in [2.24, 2.45) is 5.92 Å². The van der Waals surface area contributed by atoms with Crippen molar-refractivity contribution in [2.45, 2.75) is 62.9 Å². The molecule has 1 unspecified atom stereocenters. The van der Waals surface area contributed by atoms with Crippen molar-refractivity contribution in [3.63, 3.8) is 0 Å². The van der Waals surface area contributed by atoms with Gasteiger partial charge >= 0.3 is 0 Å². The second kappa shape index (κ2) is 9.72. The van der Waals surface area contributed by atoms with E-state index >= 15 is 0 Å². The van der Waals surface area contributed by atoms with E-state index in [1.807, 2.05) is 13.8 Å². The van der Waals surface area contributed by atoms with Crippen LogP contribution in [0.3, 0.4) is 0 Å². The van der Waals surface area contributed by atoms with Gasteiger partial charge in [-0.15, -0.1) is 0 Å². The third-order valence-corrected chi connectivity index (χ3v) is 8.81. The topological polar surface area (TPSA) is 158 Å². The Kier molecular flexibility index (Phi) is 6.34. The van der Waals surface area contributed by atoms with Gasteiger partial charge < -0.3 is 5.32 Å². The third-order valence-electron chi connectivity index (χ3n) is 7.41. The summed E-state index contributed by atoms with van der Waals surface area (Å²) in [6, 6.07) is 3.00. The van der Waals surface area contributed by atoms with Crippen molar-refractivity contribution in [1.82, 2.24) is 39.2 Å². The highest BCUT2D eigenvalue weighted by Gasteiger charge is 2.33. The normalized spacial score (nSPS) is 16.4. The van der Waals surface area contributed by atoms with Crippen LogP contribution in [-0.4, -0.2) is 49.9 Å². The summed E-state index contributed by atoms with van der Waals surface area (Å²) in [5.74, 6) is 1.45. The smallest absolute Gasteiger partial charge is 0.295 e. The molecular weight excluding hydrogens is 518 g/mol. The number of fused-ring (bicyclic) bond motifs is 1. The minimum atomic E-state index is -3.58. The fourth-order valence-corrected chi connectivity index (χ4v) is 5.48. The lowest BCUT2D eigenvalue weighted by Gasteiger charge is -2.19. The Bertz CT molecular complexity index is 1730. The highest BCUT2D eigenvalue weighted by Crippen LogP contribution is 2.43. The third kappa shape index (κ3) is 4.87. The quantitative estimate of drug-likeness (QED) is 0.319. The molecule has 0 radical (unpaired) electrons. The number of rotatable bonds is 9. The van der Waals surface area contributed by atoms with Gasteiger partial charge in [0, 0.05) is 18.2 Å².